The minimum atomic E-state index is 0.330. The first-order chi connectivity index (χ1) is 14.2. The molecule has 3 rings (SSSR count). The fraction of sp³-hybridized carbons (Fsp3) is 0.560. The summed E-state index contributed by atoms with van der Waals surface area (Å²) in [5.41, 5.74) is 6.22. The molecule has 0 aliphatic rings. The van der Waals surface area contributed by atoms with Gasteiger partial charge in [-0.1, -0.05) is 33.8 Å². The summed E-state index contributed by atoms with van der Waals surface area (Å²) >= 11 is 0. The van der Waals surface area contributed by atoms with E-state index in [1.165, 1.54) is 11.4 Å². The van der Waals surface area contributed by atoms with E-state index in [4.69, 9.17) is 15.2 Å². The van der Waals surface area contributed by atoms with E-state index in [9.17, 15) is 0 Å². The Morgan fingerprint density at radius 1 is 0.633 bits per heavy atom. The molecular weight excluding hydrogens is 370 g/mol. The fourth-order valence-corrected chi connectivity index (χ4v) is 3.87. The van der Waals surface area contributed by atoms with Crippen molar-refractivity contribution in [3.63, 3.8) is 0 Å². The van der Waals surface area contributed by atoms with Crippen molar-refractivity contribution in [1.29, 1.82) is 0 Å². The van der Waals surface area contributed by atoms with E-state index in [1.807, 2.05) is 12.1 Å². The second kappa shape index (κ2) is 9.15. The third-order valence-corrected chi connectivity index (χ3v) is 5.11. The molecule has 30 heavy (non-hydrogen) atoms. The Hall–Kier alpha value is -2.43. The molecule has 0 aliphatic carbocycles. The lowest BCUT2D eigenvalue weighted by Crippen LogP contribution is -2.09. The Bertz CT molecular complexity index is 900. The smallest absolute Gasteiger partial charge is 0.111 e. The van der Waals surface area contributed by atoms with Gasteiger partial charge < -0.3 is 0 Å². The summed E-state index contributed by atoms with van der Waals surface area (Å²) in [5.74, 6) is 1.18. The number of hydrogen-bond acceptors (Lipinski definition) is 3. The van der Waals surface area contributed by atoms with Crippen molar-refractivity contribution in [2.75, 3.05) is 0 Å². The highest BCUT2D eigenvalue weighted by Crippen LogP contribution is 2.26. The van der Waals surface area contributed by atoms with Gasteiger partial charge in [-0.15, -0.1) is 0 Å². The van der Waals surface area contributed by atoms with Gasteiger partial charge >= 0.3 is 0 Å². The van der Waals surface area contributed by atoms with E-state index >= 15 is 0 Å². The van der Waals surface area contributed by atoms with Crippen LogP contribution in [-0.2, 0) is 12.8 Å². The van der Waals surface area contributed by atoms with Gasteiger partial charge in [0.2, 0.25) is 0 Å². The van der Waals surface area contributed by atoms with Crippen molar-refractivity contribution in [1.82, 2.24) is 24.5 Å². The van der Waals surface area contributed by atoms with Crippen molar-refractivity contribution in [3.05, 3.63) is 41.7 Å². The molecule has 0 N–H and O–H groups in total. The highest BCUT2D eigenvalue weighted by molar-refractivity contribution is 5.62. The standard InChI is InChI=1S/C25H37N5/c1-16(2)12-20-14-24(27-29(20)18(5)6)22-10-9-11-23(26-22)25-15-21(13-17(3)4)30(28-25)19(7)8/h9-11,14-19H,12-13H2,1-8H3. The van der Waals surface area contributed by atoms with Crippen LogP contribution in [0.2, 0.25) is 0 Å². The summed E-state index contributed by atoms with van der Waals surface area (Å²) in [5, 5.41) is 9.77. The quantitative estimate of drug-likeness (QED) is 0.436. The Morgan fingerprint density at radius 3 is 1.37 bits per heavy atom. The Labute approximate surface area is 181 Å². The molecule has 0 bridgehead atoms. The van der Waals surface area contributed by atoms with E-state index in [0.717, 1.165) is 35.6 Å². The van der Waals surface area contributed by atoms with Crippen LogP contribution in [-0.4, -0.2) is 24.5 Å². The van der Waals surface area contributed by atoms with Gasteiger partial charge in [0.15, 0.2) is 0 Å². The van der Waals surface area contributed by atoms with Crippen LogP contribution in [0.15, 0.2) is 30.3 Å². The van der Waals surface area contributed by atoms with Crippen LogP contribution in [0.4, 0.5) is 0 Å². The Morgan fingerprint density at radius 2 is 1.03 bits per heavy atom. The zero-order chi connectivity index (χ0) is 22.0. The van der Waals surface area contributed by atoms with Gasteiger partial charge in [0.25, 0.3) is 0 Å². The second-order valence-electron chi connectivity index (χ2n) is 9.72. The summed E-state index contributed by atoms with van der Waals surface area (Å²) in [6.45, 7) is 17.7. The van der Waals surface area contributed by atoms with Gasteiger partial charge in [-0.05, 0) is 76.6 Å². The average molecular weight is 408 g/mol. The highest BCUT2D eigenvalue weighted by atomic mass is 15.3. The zero-order valence-electron chi connectivity index (χ0n) is 19.8. The molecule has 0 saturated heterocycles. The third-order valence-electron chi connectivity index (χ3n) is 5.11. The van der Waals surface area contributed by atoms with E-state index in [2.05, 4.69) is 83.0 Å². The third kappa shape index (κ3) is 5.00. The van der Waals surface area contributed by atoms with Gasteiger partial charge in [0.05, 0.1) is 11.4 Å². The Kier molecular flexibility index (Phi) is 6.79. The molecule has 0 radical (unpaired) electrons. The fourth-order valence-electron chi connectivity index (χ4n) is 3.87. The minimum absolute atomic E-state index is 0.330. The summed E-state index contributed by atoms with van der Waals surface area (Å²) in [6, 6.07) is 11.2. The molecule has 0 amide bonds. The van der Waals surface area contributed by atoms with Crippen molar-refractivity contribution < 1.29 is 0 Å². The molecule has 0 fully saturated rings. The molecule has 0 atom stereocenters. The number of hydrogen-bond donors (Lipinski definition) is 0. The van der Waals surface area contributed by atoms with Crippen LogP contribution in [0.3, 0.4) is 0 Å². The molecular formula is C25H37N5. The molecule has 0 aliphatic heterocycles. The molecule has 0 aromatic carbocycles. The van der Waals surface area contributed by atoms with E-state index in [0.29, 0.717) is 23.9 Å². The number of pyridine rings is 1. The van der Waals surface area contributed by atoms with Crippen LogP contribution >= 0.6 is 0 Å². The van der Waals surface area contributed by atoms with Crippen LogP contribution in [0, 0.1) is 11.8 Å². The highest BCUT2D eigenvalue weighted by Gasteiger charge is 2.17. The molecule has 3 aromatic heterocycles. The van der Waals surface area contributed by atoms with Crippen molar-refractivity contribution in [2.45, 2.75) is 80.3 Å². The van der Waals surface area contributed by atoms with Gasteiger partial charge in [-0.25, -0.2) is 4.98 Å². The predicted octanol–water partition coefficient (Wildman–Crippen LogP) is 6.37. The largest absolute Gasteiger partial charge is 0.266 e. The minimum Gasteiger partial charge on any atom is -0.266 e. The zero-order valence-corrected chi connectivity index (χ0v) is 19.8. The summed E-state index contributed by atoms with van der Waals surface area (Å²) in [4.78, 5) is 4.95. The first-order valence-electron chi connectivity index (χ1n) is 11.3. The first-order valence-corrected chi connectivity index (χ1v) is 11.3. The molecule has 0 unspecified atom stereocenters. The first kappa shape index (κ1) is 22.3. The topological polar surface area (TPSA) is 48.5 Å². The van der Waals surface area contributed by atoms with E-state index < -0.39 is 0 Å². The monoisotopic (exact) mass is 407 g/mol. The maximum Gasteiger partial charge on any atom is 0.111 e. The molecule has 0 saturated carbocycles. The molecule has 5 heteroatoms. The summed E-state index contributed by atoms with van der Waals surface area (Å²) in [6.07, 6.45) is 2.03. The van der Waals surface area contributed by atoms with Gasteiger partial charge in [-0.3, -0.25) is 9.36 Å². The lowest BCUT2D eigenvalue weighted by molar-refractivity contribution is 0.489. The lowest BCUT2D eigenvalue weighted by atomic mass is 10.1. The summed E-state index contributed by atoms with van der Waals surface area (Å²) in [7, 11) is 0. The maximum absolute atomic E-state index is 4.95. The second-order valence-corrected chi connectivity index (χ2v) is 9.72. The lowest BCUT2D eigenvalue weighted by Gasteiger charge is -2.12. The number of rotatable bonds is 8. The number of aromatic nitrogens is 5. The van der Waals surface area contributed by atoms with Crippen LogP contribution in [0.25, 0.3) is 22.8 Å². The van der Waals surface area contributed by atoms with Gasteiger partial charge in [-0.2, -0.15) is 10.2 Å². The van der Waals surface area contributed by atoms with Crippen LogP contribution < -0.4 is 0 Å². The normalized spacial score (nSPS) is 12.1. The number of nitrogens with zero attached hydrogens (tertiary/aromatic N) is 5. The average Bonchev–Trinajstić information content (AvgIpc) is 3.25. The van der Waals surface area contributed by atoms with Crippen LogP contribution in [0.1, 0.15) is 78.9 Å². The molecule has 3 heterocycles. The van der Waals surface area contributed by atoms with Gasteiger partial charge in [0.1, 0.15) is 11.4 Å². The SMILES string of the molecule is CC(C)Cc1cc(-c2cccc(-c3cc(CC(C)C)n(C(C)C)n3)n2)nn1C(C)C. The summed E-state index contributed by atoms with van der Waals surface area (Å²) < 4.78 is 4.27. The maximum atomic E-state index is 4.95. The molecule has 0 spiro atoms. The predicted molar refractivity (Wildman–Crippen MR) is 125 cm³/mol. The van der Waals surface area contributed by atoms with Crippen LogP contribution in [0.5, 0.6) is 0 Å². The van der Waals surface area contributed by atoms with Crippen molar-refractivity contribution >= 4 is 0 Å². The molecule has 162 valence electrons. The van der Waals surface area contributed by atoms with Crippen molar-refractivity contribution in [2.24, 2.45) is 11.8 Å². The van der Waals surface area contributed by atoms with E-state index in [-0.39, 0.29) is 0 Å². The van der Waals surface area contributed by atoms with Crippen molar-refractivity contribution in [3.8, 4) is 22.8 Å². The molecule has 5 nitrogen and oxygen atoms in total. The Balaban J connectivity index is 1.99. The molecule has 3 aromatic rings. The van der Waals surface area contributed by atoms with E-state index in [1.54, 1.807) is 0 Å². The van der Waals surface area contributed by atoms with Gasteiger partial charge in [0, 0.05) is 23.5 Å².